The van der Waals surface area contributed by atoms with Crippen molar-refractivity contribution in [2.45, 2.75) is 31.2 Å². The zero-order valence-corrected chi connectivity index (χ0v) is 14.7. The summed E-state index contributed by atoms with van der Waals surface area (Å²) < 4.78 is 28.9. The summed E-state index contributed by atoms with van der Waals surface area (Å²) in [6, 6.07) is 14.9. The highest BCUT2D eigenvalue weighted by molar-refractivity contribution is 7.89. The van der Waals surface area contributed by atoms with Crippen LogP contribution in [-0.2, 0) is 16.4 Å². The van der Waals surface area contributed by atoms with Gasteiger partial charge in [-0.2, -0.15) is 0 Å². The second kappa shape index (κ2) is 6.43. The quantitative estimate of drug-likeness (QED) is 0.756. The highest BCUT2D eigenvalue weighted by atomic mass is 32.2. The molecule has 0 amide bonds. The van der Waals surface area contributed by atoms with Gasteiger partial charge >= 0.3 is 0 Å². The first-order chi connectivity index (χ1) is 11.0. The molecular formula is C18H19NO2S2. The van der Waals surface area contributed by atoms with Crippen LogP contribution in [0.15, 0.2) is 58.8 Å². The van der Waals surface area contributed by atoms with Crippen molar-refractivity contribution in [3.63, 3.8) is 0 Å². The maximum atomic E-state index is 12.4. The van der Waals surface area contributed by atoms with Crippen molar-refractivity contribution in [1.29, 1.82) is 0 Å². The zero-order valence-electron chi connectivity index (χ0n) is 13.1. The maximum Gasteiger partial charge on any atom is 0.240 e. The Morgan fingerprint density at radius 2 is 1.78 bits per heavy atom. The smallest absolute Gasteiger partial charge is 0.208 e. The topological polar surface area (TPSA) is 46.2 Å². The van der Waals surface area contributed by atoms with E-state index < -0.39 is 10.0 Å². The Labute approximate surface area is 141 Å². The zero-order chi connectivity index (χ0) is 16.4. The van der Waals surface area contributed by atoms with Crippen LogP contribution in [-0.4, -0.2) is 14.5 Å². The van der Waals surface area contributed by atoms with Gasteiger partial charge in [0.1, 0.15) is 0 Å². The van der Waals surface area contributed by atoms with E-state index in [0.29, 0.717) is 11.3 Å². The van der Waals surface area contributed by atoms with Crippen molar-refractivity contribution in [2.24, 2.45) is 0 Å². The second-order valence-corrected chi connectivity index (χ2v) is 8.42. The van der Waals surface area contributed by atoms with E-state index in [4.69, 9.17) is 0 Å². The fourth-order valence-electron chi connectivity index (χ4n) is 2.61. The lowest BCUT2D eigenvalue weighted by Crippen LogP contribution is -2.34. The molecular weight excluding hydrogens is 326 g/mol. The van der Waals surface area contributed by atoms with Crippen LogP contribution in [0, 0.1) is 6.92 Å². The van der Waals surface area contributed by atoms with Crippen LogP contribution < -0.4 is 4.72 Å². The third-order valence-electron chi connectivity index (χ3n) is 3.77. The number of nitrogens with one attached hydrogen (secondary N) is 1. The van der Waals surface area contributed by atoms with Crippen LogP contribution >= 0.6 is 11.3 Å². The van der Waals surface area contributed by atoms with Crippen molar-refractivity contribution < 1.29 is 8.42 Å². The van der Waals surface area contributed by atoms with Crippen LogP contribution in [0.4, 0.5) is 0 Å². The molecule has 0 aliphatic carbocycles. The number of hydrogen-bond acceptors (Lipinski definition) is 3. The Balaban J connectivity index is 1.76. The Morgan fingerprint density at radius 3 is 2.52 bits per heavy atom. The third kappa shape index (κ3) is 3.63. The van der Waals surface area contributed by atoms with Crippen molar-refractivity contribution in [3.05, 3.63) is 65.0 Å². The molecule has 1 atom stereocenters. The maximum absolute atomic E-state index is 12.4. The number of fused-ring (bicyclic) bond motifs is 1. The summed E-state index contributed by atoms with van der Waals surface area (Å²) in [7, 11) is -3.48. The predicted molar refractivity (Wildman–Crippen MR) is 96.5 cm³/mol. The molecule has 0 spiro atoms. The molecule has 3 rings (SSSR count). The number of thiophene rings is 1. The average Bonchev–Trinajstić information content (AvgIpc) is 2.90. The van der Waals surface area contributed by atoms with Gasteiger partial charge in [-0.1, -0.05) is 35.9 Å². The summed E-state index contributed by atoms with van der Waals surface area (Å²) in [5.74, 6) is 0. The standard InChI is InChI=1S/C18H19NO2S2/c1-13-7-9-16(10-8-13)23(20,21)19-14(2)11-15-12-22-18-6-4-3-5-17(15)18/h3-10,12,14,19H,11H2,1-2H3/t14-/m1/s1. The van der Waals surface area contributed by atoms with E-state index in [2.05, 4.69) is 22.2 Å². The first-order valence-electron chi connectivity index (χ1n) is 7.50. The summed E-state index contributed by atoms with van der Waals surface area (Å²) in [5, 5.41) is 3.32. The van der Waals surface area contributed by atoms with Gasteiger partial charge in [-0.15, -0.1) is 11.3 Å². The molecule has 0 saturated carbocycles. The normalized spacial score (nSPS) is 13.3. The van der Waals surface area contributed by atoms with Gasteiger partial charge in [0, 0.05) is 10.7 Å². The van der Waals surface area contributed by atoms with Crippen LogP contribution in [0.25, 0.3) is 10.1 Å². The summed E-state index contributed by atoms with van der Waals surface area (Å²) in [4.78, 5) is 0.310. The van der Waals surface area contributed by atoms with Gasteiger partial charge in [0.2, 0.25) is 10.0 Å². The molecule has 0 fully saturated rings. The molecule has 0 radical (unpaired) electrons. The van der Waals surface area contributed by atoms with Gasteiger partial charge in [-0.05, 0) is 54.8 Å². The molecule has 1 aromatic heterocycles. The molecule has 0 aliphatic rings. The van der Waals surface area contributed by atoms with Crippen molar-refractivity contribution in [3.8, 4) is 0 Å². The van der Waals surface area contributed by atoms with Crippen molar-refractivity contribution in [2.75, 3.05) is 0 Å². The fourth-order valence-corrected chi connectivity index (χ4v) is 4.83. The molecule has 120 valence electrons. The highest BCUT2D eigenvalue weighted by Gasteiger charge is 2.18. The number of sulfonamides is 1. The number of aryl methyl sites for hydroxylation is 1. The number of benzene rings is 2. The van der Waals surface area contributed by atoms with E-state index >= 15 is 0 Å². The van der Waals surface area contributed by atoms with Crippen LogP contribution in [0.3, 0.4) is 0 Å². The minimum absolute atomic E-state index is 0.167. The molecule has 0 saturated heterocycles. The van der Waals surface area contributed by atoms with E-state index in [1.165, 1.54) is 15.6 Å². The first-order valence-corrected chi connectivity index (χ1v) is 9.86. The lowest BCUT2D eigenvalue weighted by Gasteiger charge is -2.14. The number of hydrogen-bond donors (Lipinski definition) is 1. The van der Waals surface area contributed by atoms with Gasteiger partial charge in [0.15, 0.2) is 0 Å². The van der Waals surface area contributed by atoms with E-state index in [1.807, 2.05) is 38.1 Å². The van der Waals surface area contributed by atoms with Gasteiger partial charge < -0.3 is 0 Å². The fraction of sp³-hybridized carbons (Fsp3) is 0.222. The summed E-state index contributed by atoms with van der Waals surface area (Å²) in [6.45, 7) is 3.84. The molecule has 23 heavy (non-hydrogen) atoms. The Bertz CT molecular complexity index is 912. The van der Waals surface area contributed by atoms with E-state index in [-0.39, 0.29) is 6.04 Å². The van der Waals surface area contributed by atoms with Gasteiger partial charge in [0.05, 0.1) is 4.90 Å². The van der Waals surface area contributed by atoms with Crippen LogP contribution in [0.2, 0.25) is 0 Å². The molecule has 5 heteroatoms. The van der Waals surface area contributed by atoms with Gasteiger partial charge in [-0.3, -0.25) is 0 Å². The first kappa shape index (κ1) is 16.2. The SMILES string of the molecule is Cc1ccc(S(=O)(=O)N[C@H](C)Cc2csc3ccccc23)cc1. The van der Waals surface area contributed by atoms with Crippen LogP contribution in [0.5, 0.6) is 0 Å². The van der Waals surface area contributed by atoms with Gasteiger partial charge in [0.25, 0.3) is 0 Å². The summed E-state index contributed by atoms with van der Waals surface area (Å²) >= 11 is 1.69. The van der Waals surface area contributed by atoms with Gasteiger partial charge in [-0.25, -0.2) is 13.1 Å². The second-order valence-electron chi connectivity index (χ2n) is 5.80. The molecule has 0 aliphatic heterocycles. The minimum Gasteiger partial charge on any atom is -0.208 e. The largest absolute Gasteiger partial charge is 0.240 e. The summed E-state index contributed by atoms with van der Waals surface area (Å²) in [6.07, 6.45) is 0.676. The Hall–Kier alpha value is -1.69. The third-order valence-corrected chi connectivity index (χ3v) is 6.39. The van der Waals surface area contributed by atoms with E-state index in [9.17, 15) is 8.42 Å². The lowest BCUT2D eigenvalue weighted by molar-refractivity contribution is 0.560. The van der Waals surface area contributed by atoms with Crippen molar-refractivity contribution >= 4 is 31.4 Å². The monoisotopic (exact) mass is 345 g/mol. The molecule has 0 bridgehead atoms. The van der Waals surface area contributed by atoms with E-state index in [1.54, 1.807) is 23.5 Å². The molecule has 1 N–H and O–H groups in total. The van der Waals surface area contributed by atoms with Crippen molar-refractivity contribution in [1.82, 2.24) is 4.72 Å². The predicted octanol–water partition coefficient (Wildman–Crippen LogP) is 4.12. The molecule has 3 nitrogen and oxygen atoms in total. The molecule has 2 aromatic carbocycles. The molecule has 1 heterocycles. The highest BCUT2D eigenvalue weighted by Crippen LogP contribution is 2.26. The Kier molecular flexibility index (Phi) is 4.53. The molecule has 0 unspecified atom stereocenters. The Morgan fingerprint density at radius 1 is 1.09 bits per heavy atom. The molecule has 3 aromatic rings. The van der Waals surface area contributed by atoms with E-state index in [0.717, 1.165) is 5.56 Å². The number of rotatable bonds is 5. The van der Waals surface area contributed by atoms with Crippen LogP contribution in [0.1, 0.15) is 18.1 Å². The average molecular weight is 345 g/mol. The summed E-state index contributed by atoms with van der Waals surface area (Å²) in [5.41, 5.74) is 2.23. The lowest BCUT2D eigenvalue weighted by atomic mass is 10.1. The minimum atomic E-state index is -3.48.